The van der Waals surface area contributed by atoms with Crippen molar-refractivity contribution in [2.45, 2.75) is 11.8 Å². The average molecular weight is 345 g/mol. The van der Waals surface area contributed by atoms with Gasteiger partial charge in [-0.15, -0.1) is 0 Å². The molecule has 0 aromatic heterocycles. The van der Waals surface area contributed by atoms with Gasteiger partial charge in [-0.1, -0.05) is 33.6 Å². The van der Waals surface area contributed by atoms with Crippen LogP contribution >= 0.6 is 15.9 Å². The molecule has 0 saturated heterocycles. The van der Waals surface area contributed by atoms with Crippen molar-refractivity contribution in [3.63, 3.8) is 0 Å². The fraction of sp³-hybridized carbons (Fsp3) is 0.0769. The summed E-state index contributed by atoms with van der Waals surface area (Å²) in [5, 5.41) is 0. The van der Waals surface area contributed by atoms with Crippen LogP contribution in [0.15, 0.2) is 57.9 Å². The van der Waals surface area contributed by atoms with E-state index in [1.165, 1.54) is 0 Å². The lowest BCUT2D eigenvalue weighted by Gasteiger charge is -2.08. The largest absolute Gasteiger partial charge is 1.00 e. The number of hydrogen-bond acceptors (Lipinski definition) is 2. The predicted octanol–water partition coefficient (Wildman–Crippen LogP) is 0.562. The molecule has 102 valence electrons. The molecule has 2 aromatic carbocycles. The quantitative estimate of drug-likeness (QED) is 0.884. The molecule has 0 aliphatic heterocycles. The van der Waals surface area contributed by atoms with Gasteiger partial charge in [0.1, 0.15) is 0 Å². The summed E-state index contributed by atoms with van der Waals surface area (Å²) in [6.07, 6.45) is 0. The second-order valence-corrected chi connectivity index (χ2v) is 6.52. The van der Waals surface area contributed by atoms with Crippen LogP contribution in [0.25, 0.3) is 0 Å². The fourth-order valence-corrected chi connectivity index (χ4v) is 2.77. The van der Waals surface area contributed by atoms with E-state index < -0.39 is 10.0 Å². The second-order valence-electron chi connectivity index (χ2n) is 3.93. The van der Waals surface area contributed by atoms with Gasteiger partial charge in [-0.25, -0.2) is 8.42 Å². The molecule has 2 rings (SSSR count). The van der Waals surface area contributed by atoms with E-state index >= 15 is 0 Å². The molecule has 0 amide bonds. The van der Waals surface area contributed by atoms with Crippen LogP contribution in [0.4, 0.5) is 5.69 Å². The molecule has 0 atom stereocenters. The molecular weight excluding hydrogens is 333 g/mol. The van der Waals surface area contributed by atoms with E-state index in [9.17, 15) is 8.42 Å². The normalized spacial score (nSPS) is 10.6. The third-order valence-electron chi connectivity index (χ3n) is 2.43. The zero-order valence-electron chi connectivity index (χ0n) is 10.1. The van der Waals surface area contributed by atoms with Crippen molar-refractivity contribution in [2.24, 2.45) is 0 Å². The van der Waals surface area contributed by atoms with Gasteiger partial charge < -0.3 is 4.70 Å². The lowest BCUT2D eigenvalue weighted by Crippen LogP contribution is -3.00. The molecule has 0 fully saturated rings. The first-order chi connectivity index (χ1) is 8.47. The predicted molar refractivity (Wildman–Crippen MR) is 76.1 cm³/mol. The van der Waals surface area contributed by atoms with Crippen LogP contribution in [-0.4, -0.2) is 8.42 Å². The smallest absolute Gasteiger partial charge is 0.261 e. The van der Waals surface area contributed by atoms with Gasteiger partial charge in [-0.2, -0.15) is 0 Å². The number of aryl methyl sites for hydroxylation is 1. The first-order valence-electron chi connectivity index (χ1n) is 5.32. The van der Waals surface area contributed by atoms with E-state index in [2.05, 4.69) is 20.7 Å². The van der Waals surface area contributed by atoms with Crippen LogP contribution in [0.5, 0.6) is 0 Å². The summed E-state index contributed by atoms with van der Waals surface area (Å²) in [7, 11) is -3.51. The van der Waals surface area contributed by atoms with Crippen molar-refractivity contribution in [3.8, 4) is 0 Å². The van der Waals surface area contributed by atoms with Crippen LogP contribution in [0, 0.1) is 6.92 Å². The Morgan fingerprint density at radius 1 is 0.947 bits per heavy atom. The second kappa shape index (κ2) is 6.16. The molecule has 0 aliphatic rings. The minimum absolute atomic E-state index is 0. The van der Waals surface area contributed by atoms with Gasteiger partial charge in [0, 0.05) is 10.2 Å². The van der Waals surface area contributed by atoms with E-state index in [1.54, 1.807) is 48.5 Å². The van der Waals surface area contributed by atoms with Crippen LogP contribution in [0.1, 0.15) is 5.56 Å². The van der Waals surface area contributed by atoms with Gasteiger partial charge >= 0.3 is 0 Å². The summed E-state index contributed by atoms with van der Waals surface area (Å²) in [4.78, 5) is 0.260. The Morgan fingerprint density at radius 2 is 1.47 bits per heavy atom. The third-order valence-corrected chi connectivity index (χ3v) is 4.35. The third kappa shape index (κ3) is 4.04. The summed E-state index contributed by atoms with van der Waals surface area (Å²) >= 11 is 3.30. The Morgan fingerprint density at radius 3 is 2.00 bits per heavy atom. The minimum atomic E-state index is -3.51. The van der Waals surface area contributed by atoms with Crippen molar-refractivity contribution in [3.05, 3.63) is 58.6 Å². The summed E-state index contributed by atoms with van der Waals surface area (Å²) in [6.45, 7) is 1.92. The topological polar surface area (TPSA) is 46.2 Å². The van der Waals surface area contributed by atoms with E-state index in [-0.39, 0.29) is 9.60 Å². The van der Waals surface area contributed by atoms with E-state index in [0.717, 1.165) is 10.0 Å². The highest BCUT2D eigenvalue weighted by Gasteiger charge is 2.13. The maximum Gasteiger partial charge on any atom is 0.261 e. The van der Waals surface area contributed by atoms with E-state index in [0.29, 0.717) is 5.69 Å². The van der Waals surface area contributed by atoms with Crippen molar-refractivity contribution in [2.75, 3.05) is 4.72 Å². The van der Waals surface area contributed by atoms with Crippen LogP contribution < -0.4 is 9.43 Å². The van der Waals surface area contributed by atoms with Crippen LogP contribution in [0.2, 0.25) is 0 Å². The molecule has 0 radical (unpaired) electrons. The Hall–Kier alpha value is -1.40. The molecule has 1 N–H and O–H groups in total. The number of hydrogen-bond donors (Lipinski definition) is 1. The zero-order chi connectivity index (χ0) is 13.2. The highest BCUT2D eigenvalue weighted by Crippen LogP contribution is 2.18. The molecule has 0 spiro atoms. The van der Waals surface area contributed by atoms with Crippen molar-refractivity contribution < 1.29 is 13.1 Å². The van der Waals surface area contributed by atoms with Crippen molar-refractivity contribution in [1.29, 1.82) is 0 Å². The lowest BCUT2D eigenvalue weighted by molar-refractivity contribution is -0.00000597. The average Bonchev–Trinajstić information content (AvgIpc) is 2.32. The summed E-state index contributed by atoms with van der Waals surface area (Å²) in [6, 6.07) is 13.7. The van der Waals surface area contributed by atoms with E-state index in [4.69, 9.17) is 0 Å². The SMILES string of the molecule is Cc1ccc(S(=O)(=O)Nc2ccc(Br)cc2)cc1.[F-]. The van der Waals surface area contributed by atoms with Gasteiger partial charge in [0.2, 0.25) is 0 Å². The summed E-state index contributed by atoms with van der Waals surface area (Å²) in [5.41, 5.74) is 1.57. The van der Waals surface area contributed by atoms with Crippen LogP contribution in [-0.2, 0) is 10.0 Å². The standard InChI is InChI=1S/C13H12BrNO2S.FH/c1-10-2-8-13(9-3-10)18(16,17)15-12-6-4-11(14)5-7-12;/h2-9,15H,1H3;1H/p-1. The van der Waals surface area contributed by atoms with E-state index in [1.807, 2.05) is 6.92 Å². The Kier molecular flexibility index (Phi) is 5.08. The minimum Gasteiger partial charge on any atom is -1.00 e. The van der Waals surface area contributed by atoms with Crippen molar-refractivity contribution >= 4 is 31.6 Å². The lowest BCUT2D eigenvalue weighted by atomic mass is 10.2. The number of halogens is 2. The summed E-state index contributed by atoms with van der Waals surface area (Å²) < 4.78 is 27.6. The summed E-state index contributed by atoms with van der Waals surface area (Å²) in [5.74, 6) is 0. The number of anilines is 1. The molecule has 0 bridgehead atoms. The molecule has 19 heavy (non-hydrogen) atoms. The first-order valence-corrected chi connectivity index (χ1v) is 7.60. The first kappa shape index (κ1) is 15.7. The van der Waals surface area contributed by atoms with Gasteiger partial charge in [-0.05, 0) is 43.3 Å². The van der Waals surface area contributed by atoms with Gasteiger partial charge in [-0.3, -0.25) is 4.72 Å². The number of sulfonamides is 1. The molecule has 0 aliphatic carbocycles. The van der Waals surface area contributed by atoms with Crippen molar-refractivity contribution in [1.82, 2.24) is 0 Å². The molecule has 0 unspecified atom stereocenters. The highest BCUT2D eigenvalue weighted by molar-refractivity contribution is 9.10. The molecule has 0 saturated carbocycles. The number of benzene rings is 2. The maximum atomic E-state index is 12.1. The van der Waals surface area contributed by atoms with Gasteiger partial charge in [0.25, 0.3) is 10.0 Å². The molecule has 6 heteroatoms. The van der Waals surface area contributed by atoms with Gasteiger partial charge in [0.05, 0.1) is 4.90 Å². The molecular formula is C13H12BrFNO2S-. The highest BCUT2D eigenvalue weighted by atomic mass is 79.9. The van der Waals surface area contributed by atoms with Crippen LogP contribution in [0.3, 0.4) is 0 Å². The fourth-order valence-electron chi connectivity index (χ4n) is 1.45. The number of nitrogens with one attached hydrogen (secondary N) is 1. The monoisotopic (exact) mass is 344 g/mol. The maximum absolute atomic E-state index is 12.1. The Labute approximate surface area is 120 Å². The van der Waals surface area contributed by atoms with Gasteiger partial charge in [0.15, 0.2) is 0 Å². The molecule has 3 nitrogen and oxygen atoms in total. The molecule has 2 aromatic rings. The number of rotatable bonds is 3. The molecule has 0 heterocycles. The Balaban J connectivity index is 0.00000180. The zero-order valence-corrected chi connectivity index (χ0v) is 12.5. The Bertz CT molecular complexity index is 639.